The third kappa shape index (κ3) is 4.82. The predicted octanol–water partition coefficient (Wildman–Crippen LogP) is 6.87. The summed E-state index contributed by atoms with van der Waals surface area (Å²) in [4.78, 5) is 0. The summed E-state index contributed by atoms with van der Waals surface area (Å²) in [5.41, 5.74) is 3.78. The molecule has 0 aliphatic heterocycles. The molecule has 4 aromatic rings. The second kappa shape index (κ2) is 10.6. The summed E-state index contributed by atoms with van der Waals surface area (Å²) < 4.78 is 18.6. The topological polar surface area (TPSA) is 58.4 Å². The van der Waals surface area contributed by atoms with Gasteiger partial charge in [0.1, 0.15) is 0 Å². The Hall–Kier alpha value is -2.87. The van der Waals surface area contributed by atoms with E-state index in [4.69, 9.17) is 37.4 Å². The Morgan fingerprint density at radius 2 is 1.56 bits per heavy atom. The average Bonchev–Trinajstić information content (AvgIpc) is 3.28. The smallest absolute Gasteiger partial charge is 0.203 e. The van der Waals surface area contributed by atoms with Crippen molar-refractivity contribution in [2.45, 2.75) is 17.8 Å². The van der Waals surface area contributed by atoms with Crippen molar-refractivity contribution in [3.8, 4) is 34.3 Å². The van der Waals surface area contributed by atoms with E-state index in [-0.39, 0.29) is 0 Å². The van der Waals surface area contributed by atoms with Gasteiger partial charge in [-0.3, -0.25) is 4.57 Å². The van der Waals surface area contributed by atoms with Crippen LogP contribution in [-0.4, -0.2) is 36.1 Å². The van der Waals surface area contributed by atoms with Gasteiger partial charge in [-0.2, -0.15) is 0 Å². The van der Waals surface area contributed by atoms with Crippen LogP contribution >= 0.6 is 35.0 Å². The molecule has 0 bridgehead atoms. The normalized spacial score (nSPS) is 10.9. The highest BCUT2D eigenvalue weighted by Crippen LogP contribution is 2.42. The first-order valence-corrected chi connectivity index (χ1v) is 12.1. The summed E-state index contributed by atoms with van der Waals surface area (Å²) in [7, 11) is 4.74. The Labute approximate surface area is 212 Å². The van der Waals surface area contributed by atoms with Gasteiger partial charge in [0.2, 0.25) is 5.75 Å². The molecular formula is C25H23Cl2N3O3S. The van der Waals surface area contributed by atoms with Gasteiger partial charge in [0.15, 0.2) is 22.5 Å². The molecule has 0 aliphatic carbocycles. The van der Waals surface area contributed by atoms with Crippen LogP contribution in [0.15, 0.2) is 59.8 Å². The van der Waals surface area contributed by atoms with Crippen molar-refractivity contribution in [2.75, 3.05) is 21.3 Å². The number of nitrogens with zero attached hydrogens (tertiary/aromatic N) is 3. The molecule has 34 heavy (non-hydrogen) atoms. The van der Waals surface area contributed by atoms with Gasteiger partial charge in [-0.05, 0) is 42.8 Å². The highest BCUT2D eigenvalue weighted by atomic mass is 35.5. The molecule has 0 radical (unpaired) electrons. The molecule has 0 fully saturated rings. The van der Waals surface area contributed by atoms with Crippen LogP contribution in [-0.2, 0) is 5.75 Å². The first-order chi connectivity index (χ1) is 16.5. The van der Waals surface area contributed by atoms with Crippen LogP contribution < -0.4 is 14.2 Å². The molecule has 1 heterocycles. The van der Waals surface area contributed by atoms with Crippen LogP contribution in [0.4, 0.5) is 0 Å². The van der Waals surface area contributed by atoms with Gasteiger partial charge >= 0.3 is 0 Å². The van der Waals surface area contributed by atoms with E-state index in [0.29, 0.717) is 44.0 Å². The summed E-state index contributed by atoms with van der Waals surface area (Å²) in [5.74, 6) is 2.81. The lowest BCUT2D eigenvalue weighted by Crippen LogP contribution is -2.01. The number of halogens is 2. The zero-order valence-electron chi connectivity index (χ0n) is 19.1. The zero-order valence-corrected chi connectivity index (χ0v) is 21.5. The van der Waals surface area contributed by atoms with E-state index in [0.717, 1.165) is 22.4 Å². The van der Waals surface area contributed by atoms with E-state index in [1.165, 1.54) is 11.8 Å². The number of aromatic nitrogens is 3. The van der Waals surface area contributed by atoms with E-state index in [9.17, 15) is 0 Å². The maximum Gasteiger partial charge on any atom is 0.203 e. The van der Waals surface area contributed by atoms with Crippen LogP contribution in [0.2, 0.25) is 10.0 Å². The number of thioether (sulfide) groups is 1. The highest BCUT2D eigenvalue weighted by molar-refractivity contribution is 7.98. The Kier molecular flexibility index (Phi) is 7.56. The molecule has 3 aromatic carbocycles. The van der Waals surface area contributed by atoms with Crippen molar-refractivity contribution in [1.29, 1.82) is 0 Å². The van der Waals surface area contributed by atoms with Gasteiger partial charge in [-0.15, -0.1) is 10.2 Å². The van der Waals surface area contributed by atoms with Crippen LogP contribution in [0.1, 0.15) is 11.1 Å². The third-order valence-corrected chi connectivity index (χ3v) is 7.07. The molecule has 0 saturated carbocycles. The molecule has 6 nitrogen and oxygen atoms in total. The van der Waals surface area contributed by atoms with Crippen LogP contribution in [0.3, 0.4) is 0 Å². The van der Waals surface area contributed by atoms with Crippen LogP contribution in [0.25, 0.3) is 17.1 Å². The lowest BCUT2D eigenvalue weighted by Gasteiger charge is -2.15. The summed E-state index contributed by atoms with van der Waals surface area (Å²) in [5, 5.41) is 10.8. The zero-order chi connectivity index (χ0) is 24.2. The first-order valence-electron chi connectivity index (χ1n) is 10.3. The Morgan fingerprint density at radius 1 is 0.882 bits per heavy atom. The summed E-state index contributed by atoms with van der Waals surface area (Å²) in [6, 6.07) is 17.5. The monoisotopic (exact) mass is 515 g/mol. The SMILES string of the molecule is COc1cc(-c2nnc(SCc3cccc(Cl)c3Cl)n2-c2ccc(C)cc2)cc(OC)c1OC. The maximum atomic E-state index is 6.40. The van der Waals surface area contributed by atoms with Crippen LogP contribution in [0.5, 0.6) is 17.2 Å². The van der Waals surface area contributed by atoms with E-state index in [2.05, 4.69) is 22.3 Å². The summed E-state index contributed by atoms with van der Waals surface area (Å²) in [6.45, 7) is 2.05. The molecule has 4 rings (SSSR count). The van der Waals surface area contributed by atoms with E-state index >= 15 is 0 Å². The van der Waals surface area contributed by atoms with Crippen molar-refractivity contribution in [3.05, 3.63) is 75.8 Å². The summed E-state index contributed by atoms with van der Waals surface area (Å²) >= 11 is 14.1. The molecule has 1 aromatic heterocycles. The van der Waals surface area contributed by atoms with Gasteiger partial charge in [-0.1, -0.05) is 64.8 Å². The van der Waals surface area contributed by atoms with Gasteiger partial charge in [0.05, 0.1) is 31.4 Å². The molecule has 176 valence electrons. The number of methoxy groups -OCH3 is 3. The number of hydrogen-bond acceptors (Lipinski definition) is 6. The van der Waals surface area contributed by atoms with Crippen molar-refractivity contribution in [3.63, 3.8) is 0 Å². The second-order valence-electron chi connectivity index (χ2n) is 7.39. The van der Waals surface area contributed by atoms with E-state index < -0.39 is 0 Å². The number of ether oxygens (including phenoxy) is 3. The fourth-order valence-corrected chi connectivity index (χ4v) is 4.90. The molecule has 9 heteroatoms. The quantitative estimate of drug-likeness (QED) is 0.238. The Bertz CT molecular complexity index is 1280. The van der Waals surface area contributed by atoms with Crippen molar-refractivity contribution >= 4 is 35.0 Å². The Morgan fingerprint density at radius 3 is 2.18 bits per heavy atom. The number of rotatable bonds is 8. The lowest BCUT2D eigenvalue weighted by molar-refractivity contribution is 0.324. The van der Waals surface area contributed by atoms with Crippen LogP contribution in [0, 0.1) is 6.92 Å². The fourth-order valence-electron chi connectivity index (χ4n) is 3.49. The van der Waals surface area contributed by atoms with Gasteiger partial charge < -0.3 is 14.2 Å². The van der Waals surface area contributed by atoms with E-state index in [1.54, 1.807) is 27.4 Å². The maximum absolute atomic E-state index is 6.40. The molecule has 0 aliphatic rings. The first kappa shape index (κ1) is 24.3. The minimum Gasteiger partial charge on any atom is -0.493 e. The van der Waals surface area contributed by atoms with Gasteiger partial charge in [0, 0.05) is 17.0 Å². The lowest BCUT2D eigenvalue weighted by atomic mass is 10.1. The molecule has 0 amide bonds. The molecule has 0 N–H and O–H groups in total. The second-order valence-corrected chi connectivity index (χ2v) is 9.12. The largest absolute Gasteiger partial charge is 0.493 e. The number of benzene rings is 3. The molecule has 0 spiro atoms. The van der Waals surface area contributed by atoms with Crippen molar-refractivity contribution < 1.29 is 14.2 Å². The molecule has 0 atom stereocenters. The number of aryl methyl sites for hydroxylation is 1. The van der Waals surface area contributed by atoms with Gasteiger partial charge in [0.25, 0.3) is 0 Å². The molecule has 0 saturated heterocycles. The third-order valence-electron chi connectivity index (χ3n) is 5.24. The minimum absolute atomic E-state index is 0.514. The summed E-state index contributed by atoms with van der Waals surface area (Å²) in [6.07, 6.45) is 0. The molecule has 0 unspecified atom stereocenters. The standard InChI is InChI=1S/C25H23Cl2N3O3S/c1-15-8-10-18(11-9-15)30-24(17-12-20(31-2)23(33-4)21(13-17)32-3)28-29-25(30)34-14-16-6-5-7-19(26)22(16)27/h5-13H,14H2,1-4H3. The van der Waals surface area contributed by atoms with Crippen molar-refractivity contribution in [2.24, 2.45) is 0 Å². The fraction of sp³-hybridized carbons (Fsp3) is 0.200. The number of hydrogen-bond donors (Lipinski definition) is 0. The van der Waals surface area contributed by atoms with Gasteiger partial charge in [-0.25, -0.2) is 0 Å². The Balaban J connectivity index is 1.82. The highest BCUT2D eigenvalue weighted by Gasteiger charge is 2.21. The van der Waals surface area contributed by atoms with E-state index in [1.807, 2.05) is 47.9 Å². The van der Waals surface area contributed by atoms with Crippen molar-refractivity contribution in [1.82, 2.24) is 14.8 Å². The molecular weight excluding hydrogens is 493 g/mol. The average molecular weight is 516 g/mol. The predicted molar refractivity (Wildman–Crippen MR) is 137 cm³/mol. The minimum atomic E-state index is 0.514.